The summed E-state index contributed by atoms with van der Waals surface area (Å²) in [6.07, 6.45) is -0.289. The highest BCUT2D eigenvalue weighted by atomic mass is 32.7. The Morgan fingerprint density at radius 2 is 2.24 bits per heavy atom. The van der Waals surface area contributed by atoms with E-state index in [9.17, 15) is 14.8 Å². The Labute approximate surface area is 244 Å². The molecule has 3 aromatic rings. The molecule has 1 aliphatic heterocycles. The summed E-state index contributed by atoms with van der Waals surface area (Å²) in [5.74, 6) is -0.0485. The Bertz CT molecular complexity index is 1470. The summed E-state index contributed by atoms with van der Waals surface area (Å²) in [4.78, 5) is 41.7. The first-order chi connectivity index (χ1) is 19.5. The highest BCUT2D eigenvalue weighted by molar-refractivity contribution is 8.36. The van der Waals surface area contributed by atoms with Gasteiger partial charge in [-0.25, -0.2) is 19.3 Å². The van der Waals surface area contributed by atoms with E-state index < -0.39 is 43.0 Å². The molecule has 0 aromatic carbocycles. The third-order valence-electron chi connectivity index (χ3n) is 6.98. The van der Waals surface area contributed by atoms with Crippen molar-refractivity contribution in [1.29, 1.82) is 0 Å². The van der Waals surface area contributed by atoms with Gasteiger partial charge in [-0.05, 0) is 25.2 Å². The van der Waals surface area contributed by atoms with E-state index in [1.807, 2.05) is 0 Å². The van der Waals surface area contributed by atoms with Crippen LogP contribution in [-0.2, 0) is 35.8 Å². The number of nitrogens with two attached hydrogens (primary N) is 1. The number of ether oxygens (including phenoxy) is 2. The molecule has 41 heavy (non-hydrogen) atoms. The zero-order valence-electron chi connectivity index (χ0n) is 21.4. The first kappa shape index (κ1) is 30.6. The van der Waals surface area contributed by atoms with Gasteiger partial charge < -0.3 is 34.3 Å². The van der Waals surface area contributed by atoms with Crippen molar-refractivity contribution in [3.63, 3.8) is 0 Å². The van der Waals surface area contributed by atoms with Gasteiger partial charge in [0.2, 0.25) is 11.8 Å². The fourth-order valence-electron chi connectivity index (χ4n) is 5.07. The number of alkyl halides is 1. The van der Waals surface area contributed by atoms with E-state index in [1.54, 1.807) is 12.3 Å². The van der Waals surface area contributed by atoms with Crippen LogP contribution in [0.1, 0.15) is 19.8 Å². The Kier molecular flexibility index (Phi) is 9.26. The molecule has 1 aliphatic carbocycles. The molecule has 2 fully saturated rings. The molecule has 2 aliphatic rings. The first-order valence-corrected chi connectivity index (χ1v) is 17.1. The van der Waals surface area contributed by atoms with E-state index in [2.05, 4.69) is 37.2 Å². The number of hydrogen-bond acceptors (Lipinski definition) is 14. The second-order valence-electron chi connectivity index (χ2n) is 9.63. The molecule has 5 unspecified atom stereocenters. The number of nitrogens with zero attached hydrogens (tertiary/aromatic N) is 5. The van der Waals surface area contributed by atoms with Gasteiger partial charge in [0.05, 0.1) is 33.7 Å². The van der Waals surface area contributed by atoms with Crippen LogP contribution in [0.2, 0.25) is 0 Å². The minimum absolute atomic E-state index is 0.0198. The molecule has 0 bridgehead atoms. The maximum absolute atomic E-state index is 15.6. The van der Waals surface area contributed by atoms with Crippen LogP contribution >= 0.6 is 27.0 Å². The summed E-state index contributed by atoms with van der Waals surface area (Å²) in [5, 5.41) is 9.75. The van der Waals surface area contributed by atoms with Gasteiger partial charge in [-0.2, -0.15) is 4.98 Å². The predicted octanol–water partition coefficient (Wildman–Crippen LogP) is 1.19. The largest absolute Gasteiger partial charge is 0.474 e. The summed E-state index contributed by atoms with van der Waals surface area (Å²) < 4.78 is 45.8. The average Bonchev–Trinajstić information content (AvgIpc) is 3.60. The van der Waals surface area contributed by atoms with E-state index >= 15 is 4.39 Å². The van der Waals surface area contributed by atoms with E-state index in [4.69, 9.17) is 40.6 Å². The minimum atomic E-state index is -4.11. The lowest BCUT2D eigenvalue weighted by atomic mass is 10.1. The molecule has 1 saturated carbocycles. The molecule has 5 rings (SSSR count). The second kappa shape index (κ2) is 12.4. The van der Waals surface area contributed by atoms with Gasteiger partial charge in [0.1, 0.15) is 24.6 Å². The molecule has 3 aromatic heterocycles. The number of aliphatic hydroxyl groups excluding tert-OH is 1. The zero-order valence-corrected chi connectivity index (χ0v) is 25.0. The summed E-state index contributed by atoms with van der Waals surface area (Å²) in [7, 11) is -0.0971. The molecular formula is C21H28FN7O8P2S2. The standard InChI is InChI=1S/C21H28FN7O8P2S2/c1-21(29-9-26-16-18(29)27-20(23)28-19(16)31)17(15(22)13(6-30)35-21)37-39(32,41)33-7-10-4-11(5-12(10)36-38-40)34-14-2-3-24-8-25-14/h2-3,8-13,15,17,30,38,40H,4-7H2,1H3,(H,32,41)(H3,23,27,28,31)/t10-,11?,12+,13?,15-,17-,21?,39?/m1/s1. The quantitative estimate of drug-likeness (QED) is 0.146. The summed E-state index contributed by atoms with van der Waals surface area (Å²) in [6, 6.07) is 1.64. The number of imidazole rings is 1. The van der Waals surface area contributed by atoms with Crippen molar-refractivity contribution in [1.82, 2.24) is 29.5 Å². The normalized spacial score (nSPS) is 31.7. The number of halogens is 1. The number of H-pyrrole nitrogens is 1. The second-order valence-corrected chi connectivity index (χ2v) is 13.4. The highest BCUT2D eigenvalue weighted by Gasteiger charge is 2.57. The maximum atomic E-state index is 15.6. The Hall–Kier alpha value is -1.85. The van der Waals surface area contributed by atoms with Crippen LogP contribution in [0, 0.1) is 5.92 Å². The number of nitrogen functional groups attached to an aromatic ring is 1. The van der Waals surface area contributed by atoms with Crippen molar-refractivity contribution in [3.8, 4) is 5.88 Å². The van der Waals surface area contributed by atoms with Gasteiger partial charge in [0.25, 0.3) is 5.56 Å². The number of anilines is 1. The highest BCUT2D eigenvalue weighted by Crippen LogP contribution is 2.53. The zero-order chi connectivity index (χ0) is 29.4. The van der Waals surface area contributed by atoms with Gasteiger partial charge in [-0.3, -0.25) is 18.9 Å². The molecule has 5 N–H and O–H groups in total. The Morgan fingerprint density at radius 3 is 2.95 bits per heavy atom. The van der Waals surface area contributed by atoms with Gasteiger partial charge in [0.15, 0.2) is 23.1 Å². The predicted molar refractivity (Wildman–Crippen MR) is 152 cm³/mol. The van der Waals surface area contributed by atoms with Crippen molar-refractivity contribution < 1.29 is 37.4 Å². The molecular weight excluding hydrogens is 623 g/mol. The third-order valence-corrected chi connectivity index (χ3v) is 9.25. The lowest BCUT2D eigenvalue weighted by Gasteiger charge is -2.34. The van der Waals surface area contributed by atoms with Crippen molar-refractivity contribution in [3.05, 3.63) is 35.3 Å². The smallest absolute Gasteiger partial charge is 0.325 e. The van der Waals surface area contributed by atoms with Gasteiger partial charge in [-0.1, -0.05) is 0 Å². The number of aromatic nitrogens is 6. The van der Waals surface area contributed by atoms with Crippen LogP contribution in [0.5, 0.6) is 5.88 Å². The molecule has 4 heterocycles. The monoisotopic (exact) mass is 651 g/mol. The number of fused-ring (bicyclic) bond motifs is 1. The van der Waals surface area contributed by atoms with Crippen LogP contribution < -0.4 is 16.0 Å². The van der Waals surface area contributed by atoms with Gasteiger partial charge >= 0.3 is 6.72 Å². The fraction of sp³-hybridized carbons (Fsp3) is 0.571. The number of aliphatic hydroxyl groups is 1. The van der Waals surface area contributed by atoms with Gasteiger partial charge in [-0.15, -0.1) is 12.2 Å². The van der Waals surface area contributed by atoms with E-state index in [-0.39, 0.29) is 49.9 Å². The minimum Gasteiger partial charge on any atom is -0.474 e. The lowest BCUT2D eigenvalue weighted by Crippen LogP contribution is -2.43. The molecule has 0 amide bonds. The Morgan fingerprint density at radius 1 is 1.44 bits per heavy atom. The van der Waals surface area contributed by atoms with Crippen molar-refractivity contribution in [2.24, 2.45) is 5.92 Å². The van der Waals surface area contributed by atoms with Crippen LogP contribution in [0.3, 0.4) is 0 Å². The van der Waals surface area contributed by atoms with Crippen molar-refractivity contribution in [2.45, 2.75) is 56.1 Å². The number of thiol groups is 1. The number of nitrogens with one attached hydrogen (secondary N) is 1. The van der Waals surface area contributed by atoms with E-state index in [1.165, 1.54) is 24.1 Å². The third kappa shape index (κ3) is 6.42. The number of aromatic amines is 1. The molecule has 0 radical (unpaired) electrons. The molecule has 15 nitrogen and oxygen atoms in total. The maximum Gasteiger partial charge on any atom is 0.325 e. The number of rotatable bonds is 11. The van der Waals surface area contributed by atoms with Crippen molar-refractivity contribution in [2.75, 3.05) is 18.9 Å². The molecule has 9 atom stereocenters. The topological polar surface area (TPSA) is 202 Å². The van der Waals surface area contributed by atoms with E-state index in [0.717, 1.165) is 0 Å². The molecule has 224 valence electrons. The lowest BCUT2D eigenvalue weighted by molar-refractivity contribution is -0.129. The average molecular weight is 652 g/mol. The SMILES string of the molecule is CC1(n2cnc3c(=O)[nH]c(N)nc32)OC(CO)[C@@H](F)[C@H]1OP(O)(=S)OC[C@H]1CC(Oc2ccncn2)C[C@@H]1OPS. The van der Waals surface area contributed by atoms with Crippen LogP contribution in [0.4, 0.5) is 10.3 Å². The number of hydrogen-bond donors (Lipinski definition) is 5. The van der Waals surface area contributed by atoms with Crippen molar-refractivity contribution >= 4 is 55.9 Å². The Balaban J connectivity index is 1.33. The fourth-order valence-corrected chi connectivity index (χ4v) is 7.40. The molecule has 0 spiro atoms. The van der Waals surface area contributed by atoms with Crippen LogP contribution in [-0.4, -0.2) is 83.3 Å². The van der Waals surface area contributed by atoms with Crippen LogP contribution in [0.25, 0.3) is 11.2 Å². The molecule has 20 heteroatoms. The molecule has 1 saturated heterocycles. The summed E-state index contributed by atoms with van der Waals surface area (Å²) in [6.45, 7) is -3.46. The van der Waals surface area contributed by atoms with E-state index in [0.29, 0.717) is 18.7 Å². The summed E-state index contributed by atoms with van der Waals surface area (Å²) >= 11 is 9.45. The first-order valence-electron chi connectivity index (χ1n) is 12.3. The summed E-state index contributed by atoms with van der Waals surface area (Å²) in [5.41, 5.74) is 3.23. The van der Waals surface area contributed by atoms with Gasteiger partial charge in [0, 0.05) is 24.6 Å². The van der Waals surface area contributed by atoms with Crippen LogP contribution in [0.15, 0.2) is 29.7 Å².